The van der Waals surface area contributed by atoms with Gasteiger partial charge in [0.25, 0.3) is 0 Å². The molecule has 4 N–H and O–H groups in total. The first-order valence-electron chi connectivity index (χ1n) is 5.74. The van der Waals surface area contributed by atoms with Crippen LogP contribution in [-0.2, 0) is 0 Å². The van der Waals surface area contributed by atoms with Crippen LogP contribution < -0.4 is 11.5 Å². The van der Waals surface area contributed by atoms with Gasteiger partial charge in [-0.05, 0) is 41.8 Å². The SMILES string of the molecule is Cl.NCCCC[C@H](N)c1csc2ccccc12. The Labute approximate surface area is 112 Å². The molecule has 0 spiro atoms. The second-order valence-corrected chi connectivity index (χ2v) is 4.99. The molecular weight excluding hydrogens is 252 g/mol. The van der Waals surface area contributed by atoms with Crippen LogP contribution in [-0.4, -0.2) is 6.54 Å². The molecule has 94 valence electrons. The molecule has 0 fully saturated rings. The average Bonchev–Trinajstić information content (AvgIpc) is 2.73. The zero-order valence-electron chi connectivity index (χ0n) is 9.76. The molecule has 0 radical (unpaired) electrons. The van der Waals surface area contributed by atoms with Gasteiger partial charge < -0.3 is 11.5 Å². The van der Waals surface area contributed by atoms with Gasteiger partial charge in [-0.15, -0.1) is 23.7 Å². The highest BCUT2D eigenvalue weighted by Crippen LogP contribution is 2.30. The summed E-state index contributed by atoms with van der Waals surface area (Å²) >= 11 is 1.78. The molecule has 1 aromatic heterocycles. The molecule has 0 bridgehead atoms. The summed E-state index contributed by atoms with van der Waals surface area (Å²) in [5.74, 6) is 0. The molecule has 1 aromatic carbocycles. The van der Waals surface area contributed by atoms with Crippen LogP contribution in [0.3, 0.4) is 0 Å². The molecule has 2 rings (SSSR count). The van der Waals surface area contributed by atoms with Gasteiger partial charge in [0.2, 0.25) is 0 Å². The van der Waals surface area contributed by atoms with Crippen molar-refractivity contribution in [2.75, 3.05) is 6.54 Å². The lowest BCUT2D eigenvalue weighted by molar-refractivity contribution is 0.595. The zero-order chi connectivity index (χ0) is 11.4. The van der Waals surface area contributed by atoms with Crippen LogP contribution in [0.4, 0.5) is 0 Å². The van der Waals surface area contributed by atoms with Gasteiger partial charge in [0, 0.05) is 10.7 Å². The molecule has 0 aliphatic rings. The van der Waals surface area contributed by atoms with Crippen LogP contribution in [0.1, 0.15) is 30.9 Å². The quantitative estimate of drug-likeness (QED) is 0.818. The minimum atomic E-state index is 0. The van der Waals surface area contributed by atoms with Gasteiger partial charge in [-0.1, -0.05) is 24.6 Å². The molecule has 0 aliphatic heterocycles. The highest BCUT2D eigenvalue weighted by molar-refractivity contribution is 7.17. The Morgan fingerprint density at radius 1 is 1.18 bits per heavy atom. The van der Waals surface area contributed by atoms with Crippen LogP contribution in [0, 0.1) is 0 Å². The van der Waals surface area contributed by atoms with E-state index >= 15 is 0 Å². The van der Waals surface area contributed by atoms with E-state index in [9.17, 15) is 0 Å². The topological polar surface area (TPSA) is 52.0 Å². The Morgan fingerprint density at radius 3 is 2.71 bits per heavy atom. The fourth-order valence-corrected chi connectivity index (χ4v) is 2.98. The minimum Gasteiger partial charge on any atom is -0.330 e. The van der Waals surface area contributed by atoms with E-state index in [1.165, 1.54) is 15.6 Å². The number of unbranched alkanes of at least 4 members (excludes halogenated alkanes) is 1. The van der Waals surface area contributed by atoms with Gasteiger partial charge in [0.15, 0.2) is 0 Å². The Balaban J connectivity index is 0.00000144. The van der Waals surface area contributed by atoms with Crippen molar-refractivity contribution in [3.8, 4) is 0 Å². The van der Waals surface area contributed by atoms with Crippen molar-refractivity contribution in [2.24, 2.45) is 11.5 Å². The lowest BCUT2D eigenvalue weighted by Gasteiger charge is -2.10. The smallest absolute Gasteiger partial charge is 0.0346 e. The van der Waals surface area contributed by atoms with Gasteiger partial charge in [-0.25, -0.2) is 0 Å². The number of benzene rings is 1. The number of nitrogens with two attached hydrogens (primary N) is 2. The fourth-order valence-electron chi connectivity index (χ4n) is 1.95. The predicted octanol–water partition coefficient (Wildman–Crippen LogP) is 3.45. The number of rotatable bonds is 5. The van der Waals surface area contributed by atoms with E-state index in [2.05, 4.69) is 29.6 Å². The maximum Gasteiger partial charge on any atom is 0.0346 e. The van der Waals surface area contributed by atoms with E-state index in [0.29, 0.717) is 0 Å². The van der Waals surface area contributed by atoms with Crippen LogP contribution in [0.5, 0.6) is 0 Å². The summed E-state index contributed by atoms with van der Waals surface area (Å²) in [6.45, 7) is 0.761. The molecule has 0 saturated carbocycles. The van der Waals surface area contributed by atoms with E-state index in [1.807, 2.05) is 0 Å². The van der Waals surface area contributed by atoms with Crippen molar-refractivity contribution in [3.05, 3.63) is 35.2 Å². The number of fused-ring (bicyclic) bond motifs is 1. The number of halogens is 1. The van der Waals surface area contributed by atoms with Gasteiger partial charge in [-0.3, -0.25) is 0 Å². The van der Waals surface area contributed by atoms with E-state index in [-0.39, 0.29) is 18.4 Å². The fraction of sp³-hybridized carbons (Fsp3) is 0.385. The standard InChI is InChI=1S/C13H18N2S.ClH/c14-8-4-3-6-12(15)11-9-16-13-7-2-1-5-10(11)13;/h1-2,5,7,9,12H,3-4,6,8,14-15H2;1H/t12-;/m0./s1. The molecule has 0 amide bonds. The number of hydrogen-bond acceptors (Lipinski definition) is 3. The van der Waals surface area contributed by atoms with Crippen LogP contribution in [0.15, 0.2) is 29.6 Å². The molecule has 2 nitrogen and oxygen atoms in total. The first-order valence-corrected chi connectivity index (χ1v) is 6.62. The van der Waals surface area contributed by atoms with Gasteiger partial charge in [0.05, 0.1) is 0 Å². The van der Waals surface area contributed by atoms with E-state index < -0.39 is 0 Å². The van der Waals surface area contributed by atoms with Crippen molar-refractivity contribution in [3.63, 3.8) is 0 Å². The maximum absolute atomic E-state index is 6.21. The summed E-state index contributed by atoms with van der Waals surface area (Å²) in [4.78, 5) is 0. The van der Waals surface area contributed by atoms with Crippen molar-refractivity contribution in [1.82, 2.24) is 0 Å². The van der Waals surface area contributed by atoms with E-state index in [1.54, 1.807) is 11.3 Å². The summed E-state index contributed by atoms with van der Waals surface area (Å²) in [6, 6.07) is 8.61. The number of thiophene rings is 1. The summed E-state index contributed by atoms with van der Waals surface area (Å²) in [5.41, 5.74) is 13.0. The summed E-state index contributed by atoms with van der Waals surface area (Å²) in [7, 11) is 0. The van der Waals surface area contributed by atoms with Crippen LogP contribution in [0.2, 0.25) is 0 Å². The highest BCUT2D eigenvalue weighted by atomic mass is 35.5. The third kappa shape index (κ3) is 3.42. The third-order valence-electron chi connectivity index (χ3n) is 2.88. The molecule has 0 unspecified atom stereocenters. The molecule has 1 heterocycles. The molecular formula is C13H19ClN2S. The van der Waals surface area contributed by atoms with Crippen molar-refractivity contribution >= 4 is 33.8 Å². The van der Waals surface area contributed by atoms with E-state index in [4.69, 9.17) is 11.5 Å². The second kappa shape index (κ2) is 6.97. The molecule has 0 aliphatic carbocycles. The van der Waals surface area contributed by atoms with Crippen LogP contribution in [0.25, 0.3) is 10.1 Å². The van der Waals surface area contributed by atoms with Gasteiger partial charge in [0.1, 0.15) is 0 Å². The first-order chi connectivity index (χ1) is 7.83. The minimum absolute atomic E-state index is 0. The van der Waals surface area contributed by atoms with Crippen molar-refractivity contribution in [1.29, 1.82) is 0 Å². The van der Waals surface area contributed by atoms with Gasteiger partial charge in [-0.2, -0.15) is 0 Å². The van der Waals surface area contributed by atoms with Crippen molar-refractivity contribution < 1.29 is 0 Å². The maximum atomic E-state index is 6.21. The lowest BCUT2D eigenvalue weighted by atomic mass is 10.0. The Kier molecular flexibility index (Phi) is 5.92. The monoisotopic (exact) mass is 270 g/mol. The Morgan fingerprint density at radius 2 is 1.94 bits per heavy atom. The largest absolute Gasteiger partial charge is 0.330 e. The summed E-state index contributed by atoms with van der Waals surface area (Å²) in [6.07, 6.45) is 3.20. The third-order valence-corrected chi connectivity index (χ3v) is 3.86. The molecule has 4 heteroatoms. The molecule has 2 aromatic rings. The zero-order valence-corrected chi connectivity index (χ0v) is 11.4. The van der Waals surface area contributed by atoms with E-state index in [0.717, 1.165) is 25.8 Å². The summed E-state index contributed by atoms with van der Waals surface area (Å²) in [5, 5.41) is 3.50. The molecule has 17 heavy (non-hydrogen) atoms. The van der Waals surface area contributed by atoms with Crippen LogP contribution >= 0.6 is 23.7 Å². The Bertz CT molecular complexity index is 455. The number of hydrogen-bond donors (Lipinski definition) is 2. The van der Waals surface area contributed by atoms with Gasteiger partial charge >= 0.3 is 0 Å². The highest BCUT2D eigenvalue weighted by Gasteiger charge is 2.10. The first kappa shape index (κ1) is 14.5. The van der Waals surface area contributed by atoms with Crippen molar-refractivity contribution in [2.45, 2.75) is 25.3 Å². The molecule has 0 saturated heterocycles. The normalized spacial score (nSPS) is 12.4. The predicted molar refractivity (Wildman–Crippen MR) is 78.9 cm³/mol. The Hall–Kier alpha value is -0.610. The second-order valence-electron chi connectivity index (χ2n) is 4.08. The molecule has 1 atom stereocenters. The summed E-state index contributed by atoms with van der Waals surface area (Å²) < 4.78 is 1.33. The lowest BCUT2D eigenvalue weighted by Crippen LogP contribution is -2.10. The average molecular weight is 271 g/mol.